The standard InChI is InChI=1S/C23H22FN5O4/c1-32-19-8-5-16(11-20(19)33-2)22(30)25-9-10-29-21-18(12-27-29)23(31)28(14-26-21)13-15-3-6-17(24)7-4-15/h3-8,11-12,14H,9-10,13H2,1-2H3,(H,25,30). The average molecular weight is 451 g/mol. The summed E-state index contributed by atoms with van der Waals surface area (Å²) in [6.07, 6.45) is 2.90. The van der Waals surface area contributed by atoms with Gasteiger partial charge in [-0.25, -0.2) is 14.1 Å². The predicted octanol–water partition coefficient (Wildman–Crippen LogP) is 2.23. The van der Waals surface area contributed by atoms with Gasteiger partial charge in [-0.2, -0.15) is 5.10 Å². The van der Waals surface area contributed by atoms with Crippen LogP contribution in [0.1, 0.15) is 15.9 Å². The average Bonchev–Trinajstić information content (AvgIpc) is 3.25. The largest absolute Gasteiger partial charge is 0.493 e. The van der Waals surface area contributed by atoms with E-state index in [2.05, 4.69) is 15.4 Å². The molecule has 0 fully saturated rings. The highest BCUT2D eigenvalue weighted by molar-refractivity contribution is 5.94. The molecule has 0 aliphatic rings. The number of benzene rings is 2. The lowest BCUT2D eigenvalue weighted by molar-refractivity contribution is 0.0951. The first-order valence-electron chi connectivity index (χ1n) is 10.2. The van der Waals surface area contributed by atoms with Crippen molar-refractivity contribution in [2.24, 2.45) is 0 Å². The van der Waals surface area contributed by atoms with Gasteiger partial charge in [-0.3, -0.25) is 14.2 Å². The van der Waals surface area contributed by atoms with Crippen molar-refractivity contribution in [3.63, 3.8) is 0 Å². The van der Waals surface area contributed by atoms with Gasteiger partial charge in [0.1, 0.15) is 17.5 Å². The number of nitrogens with one attached hydrogen (secondary N) is 1. The molecule has 4 aromatic rings. The highest BCUT2D eigenvalue weighted by Gasteiger charge is 2.13. The number of methoxy groups -OCH3 is 2. The van der Waals surface area contributed by atoms with Crippen LogP contribution in [-0.4, -0.2) is 46.0 Å². The number of hydrogen-bond acceptors (Lipinski definition) is 6. The van der Waals surface area contributed by atoms with E-state index in [1.165, 1.54) is 43.4 Å². The third-order valence-corrected chi connectivity index (χ3v) is 5.14. The molecular weight excluding hydrogens is 429 g/mol. The smallest absolute Gasteiger partial charge is 0.264 e. The van der Waals surface area contributed by atoms with Crippen molar-refractivity contribution in [1.82, 2.24) is 24.6 Å². The number of carbonyl (C=O) groups excluding carboxylic acids is 1. The molecule has 0 radical (unpaired) electrons. The summed E-state index contributed by atoms with van der Waals surface area (Å²) in [5.41, 5.74) is 1.39. The summed E-state index contributed by atoms with van der Waals surface area (Å²) in [5, 5.41) is 7.42. The van der Waals surface area contributed by atoms with Gasteiger partial charge >= 0.3 is 0 Å². The van der Waals surface area contributed by atoms with Crippen molar-refractivity contribution in [2.75, 3.05) is 20.8 Å². The number of carbonyl (C=O) groups is 1. The van der Waals surface area contributed by atoms with E-state index < -0.39 is 0 Å². The second kappa shape index (κ2) is 9.51. The van der Waals surface area contributed by atoms with E-state index >= 15 is 0 Å². The summed E-state index contributed by atoms with van der Waals surface area (Å²) in [4.78, 5) is 29.6. The quantitative estimate of drug-likeness (QED) is 0.441. The van der Waals surface area contributed by atoms with Crippen LogP contribution in [0.5, 0.6) is 11.5 Å². The van der Waals surface area contributed by atoms with Gasteiger partial charge in [-0.1, -0.05) is 12.1 Å². The number of fused-ring (bicyclic) bond motifs is 1. The van der Waals surface area contributed by atoms with Crippen LogP contribution < -0.4 is 20.3 Å². The number of hydrogen-bond donors (Lipinski definition) is 1. The Labute approximate surface area is 188 Å². The normalized spacial score (nSPS) is 10.9. The van der Waals surface area contributed by atoms with Crippen LogP contribution in [0.3, 0.4) is 0 Å². The van der Waals surface area contributed by atoms with E-state index in [1.807, 2.05) is 0 Å². The highest BCUT2D eigenvalue weighted by Crippen LogP contribution is 2.27. The van der Waals surface area contributed by atoms with Crippen LogP contribution in [0.4, 0.5) is 4.39 Å². The first-order chi connectivity index (χ1) is 16.0. The zero-order valence-corrected chi connectivity index (χ0v) is 18.1. The minimum absolute atomic E-state index is 0.245. The van der Waals surface area contributed by atoms with Gasteiger partial charge in [0.05, 0.1) is 33.5 Å². The molecule has 0 aliphatic heterocycles. The molecule has 1 amide bonds. The Kier molecular flexibility index (Phi) is 6.34. The lowest BCUT2D eigenvalue weighted by Gasteiger charge is -2.10. The molecule has 2 aromatic heterocycles. The third kappa shape index (κ3) is 4.69. The van der Waals surface area contributed by atoms with Crippen LogP contribution in [0, 0.1) is 5.82 Å². The Hall–Kier alpha value is -4.21. The molecule has 9 nitrogen and oxygen atoms in total. The Balaban J connectivity index is 1.43. The Morgan fingerprint density at radius 1 is 1.09 bits per heavy atom. The predicted molar refractivity (Wildman–Crippen MR) is 119 cm³/mol. The molecule has 170 valence electrons. The van der Waals surface area contributed by atoms with E-state index in [0.717, 1.165) is 5.56 Å². The molecule has 0 saturated carbocycles. The molecule has 0 saturated heterocycles. The number of aromatic nitrogens is 4. The molecule has 33 heavy (non-hydrogen) atoms. The van der Waals surface area contributed by atoms with Gasteiger partial charge < -0.3 is 14.8 Å². The fraction of sp³-hybridized carbons (Fsp3) is 0.217. The van der Waals surface area contributed by atoms with E-state index in [4.69, 9.17) is 9.47 Å². The summed E-state index contributed by atoms with van der Waals surface area (Å²) in [6.45, 7) is 0.885. The van der Waals surface area contributed by atoms with Gasteiger partial charge in [0, 0.05) is 12.1 Å². The van der Waals surface area contributed by atoms with Gasteiger partial charge in [-0.05, 0) is 35.9 Å². The topological polar surface area (TPSA) is 100 Å². The fourth-order valence-electron chi connectivity index (χ4n) is 3.42. The summed E-state index contributed by atoms with van der Waals surface area (Å²) in [5.74, 6) is 0.388. The summed E-state index contributed by atoms with van der Waals surface area (Å²) in [6, 6.07) is 10.8. The van der Waals surface area contributed by atoms with Crippen LogP contribution in [0.25, 0.3) is 11.0 Å². The maximum Gasteiger partial charge on any atom is 0.264 e. The van der Waals surface area contributed by atoms with Gasteiger partial charge in [0.25, 0.3) is 11.5 Å². The molecule has 10 heteroatoms. The summed E-state index contributed by atoms with van der Waals surface area (Å²) in [7, 11) is 3.03. The molecule has 1 N–H and O–H groups in total. The lowest BCUT2D eigenvalue weighted by atomic mass is 10.2. The van der Waals surface area contributed by atoms with Gasteiger partial charge in [0.2, 0.25) is 0 Å². The molecule has 0 spiro atoms. The first-order valence-corrected chi connectivity index (χ1v) is 10.2. The van der Waals surface area contributed by atoms with Gasteiger partial charge in [-0.15, -0.1) is 0 Å². The highest BCUT2D eigenvalue weighted by atomic mass is 19.1. The molecule has 0 bridgehead atoms. The molecule has 0 aliphatic carbocycles. The Morgan fingerprint density at radius 3 is 2.58 bits per heavy atom. The van der Waals surface area contributed by atoms with Crippen LogP contribution in [-0.2, 0) is 13.1 Å². The van der Waals surface area contributed by atoms with Crippen molar-refractivity contribution >= 4 is 16.9 Å². The second-order valence-corrected chi connectivity index (χ2v) is 7.23. The minimum Gasteiger partial charge on any atom is -0.493 e. The van der Waals surface area contributed by atoms with Crippen molar-refractivity contribution in [3.05, 3.63) is 82.3 Å². The van der Waals surface area contributed by atoms with Gasteiger partial charge in [0.15, 0.2) is 17.1 Å². The zero-order valence-electron chi connectivity index (χ0n) is 18.1. The van der Waals surface area contributed by atoms with E-state index in [1.54, 1.807) is 35.0 Å². The second-order valence-electron chi connectivity index (χ2n) is 7.23. The molecule has 0 atom stereocenters. The van der Waals surface area contributed by atoms with Crippen molar-refractivity contribution in [2.45, 2.75) is 13.1 Å². The number of amides is 1. The number of nitrogens with zero attached hydrogens (tertiary/aromatic N) is 4. The molecule has 2 heterocycles. The lowest BCUT2D eigenvalue weighted by Crippen LogP contribution is -2.27. The summed E-state index contributed by atoms with van der Waals surface area (Å²) < 4.78 is 26.5. The van der Waals surface area contributed by atoms with E-state index in [-0.39, 0.29) is 30.4 Å². The van der Waals surface area contributed by atoms with E-state index in [0.29, 0.717) is 34.6 Å². The first kappa shape index (κ1) is 22.0. The number of ether oxygens (including phenoxy) is 2. The third-order valence-electron chi connectivity index (χ3n) is 5.14. The summed E-state index contributed by atoms with van der Waals surface area (Å²) >= 11 is 0. The van der Waals surface area contributed by atoms with E-state index in [9.17, 15) is 14.0 Å². The number of rotatable bonds is 8. The number of halogens is 1. The zero-order chi connectivity index (χ0) is 23.4. The molecule has 2 aromatic carbocycles. The van der Waals surface area contributed by atoms with Crippen molar-refractivity contribution in [1.29, 1.82) is 0 Å². The SMILES string of the molecule is COc1ccc(C(=O)NCCn2ncc3c(=O)n(Cc4ccc(F)cc4)cnc32)cc1OC. The van der Waals surface area contributed by atoms with Crippen LogP contribution in [0.2, 0.25) is 0 Å². The Morgan fingerprint density at radius 2 is 1.85 bits per heavy atom. The fourth-order valence-corrected chi connectivity index (χ4v) is 3.42. The van der Waals surface area contributed by atoms with Crippen LogP contribution >= 0.6 is 0 Å². The Bertz CT molecular complexity index is 1350. The van der Waals surface area contributed by atoms with Crippen molar-refractivity contribution < 1.29 is 18.7 Å². The van der Waals surface area contributed by atoms with Crippen molar-refractivity contribution in [3.8, 4) is 11.5 Å². The molecule has 0 unspecified atom stereocenters. The minimum atomic E-state index is -0.334. The molecular formula is C23H22FN5O4. The maximum absolute atomic E-state index is 13.1. The molecule has 4 rings (SSSR count). The monoisotopic (exact) mass is 451 g/mol. The van der Waals surface area contributed by atoms with Crippen LogP contribution in [0.15, 0.2) is 59.8 Å². The maximum atomic E-state index is 13.1.